The Hall–Kier alpha value is -2.66. The van der Waals surface area contributed by atoms with Crippen molar-refractivity contribution >= 4 is 44.8 Å². The predicted octanol–water partition coefficient (Wildman–Crippen LogP) is 4.69. The van der Waals surface area contributed by atoms with Crippen molar-refractivity contribution in [2.45, 2.75) is 0 Å². The van der Waals surface area contributed by atoms with E-state index in [1.54, 1.807) is 0 Å². The van der Waals surface area contributed by atoms with Gasteiger partial charge in [-0.25, -0.2) is 4.98 Å². The number of nitrogens with one attached hydrogen (secondary N) is 1. The van der Waals surface area contributed by atoms with Crippen LogP contribution >= 0.6 is 11.5 Å². The number of aromatic nitrogens is 2. The van der Waals surface area contributed by atoms with Crippen LogP contribution in [0.1, 0.15) is 0 Å². The summed E-state index contributed by atoms with van der Waals surface area (Å²) in [6.07, 6.45) is 0. The summed E-state index contributed by atoms with van der Waals surface area (Å²) in [4.78, 5) is 4.65. The highest BCUT2D eigenvalue weighted by Crippen LogP contribution is 2.45. The van der Waals surface area contributed by atoms with Crippen LogP contribution in [0, 0.1) is 0 Å². The molecule has 1 aliphatic rings. The number of hydrogen-bond acceptors (Lipinski definition) is 5. The van der Waals surface area contributed by atoms with Gasteiger partial charge in [-0.2, -0.15) is 4.37 Å². The third-order valence-corrected chi connectivity index (χ3v) is 4.28. The van der Waals surface area contributed by atoms with Crippen molar-refractivity contribution in [2.24, 2.45) is 0 Å². The summed E-state index contributed by atoms with van der Waals surface area (Å²) in [5.74, 6) is 1.66. The Morgan fingerprint density at radius 3 is 2.90 bits per heavy atom. The quantitative estimate of drug-likeness (QED) is 0.449. The smallest absolute Gasteiger partial charge is 0.151 e. The Bertz CT molecular complexity index is 1010. The zero-order valence-corrected chi connectivity index (χ0v) is 11.6. The summed E-state index contributed by atoms with van der Waals surface area (Å²) in [7, 11) is 0. The van der Waals surface area contributed by atoms with Gasteiger partial charge in [-0.1, -0.05) is 12.1 Å². The first-order valence-corrected chi connectivity index (χ1v) is 7.44. The number of nitrogens with zero attached hydrogens (tertiary/aromatic N) is 2. The van der Waals surface area contributed by atoms with Gasteiger partial charge in [-0.05, 0) is 41.9 Å². The average Bonchev–Trinajstić information content (AvgIpc) is 2.98. The van der Waals surface area contributed by atoms with Gasteiger partial charge in [0.15, 0.2) is 11.5 Å². The standard InChI is InChI=1S/C16H9N3OS/c1-2-4-14-11(3-1)18-16-9-7-12-13(8-21-19-12)17-10(9)5-6-15(16)20-14/h1-8,18H. The monoisotopic (exact) mass is 291 g/mol. The van der Waals surface area contributed by atoms with E-state index in [1.165, 1.54) is 11.5 Å². The second-order valence-corrected chi connectivity index (χ2v) is 5.56. The fraction of sp³-hybridized carbons (Fsp3) is 0. The molecule has 0 atom stereocenters. The molecule has 0 radical (unpaired) electrons. The van der Waals surface area contributed by atoms with Crippen molar-refractivity contribution in [1.29, 1.82) is 0 Å². The summed E-state index contributed by atoms with van der Waals surface area (Å²) in [6.45, 7) is 0. The third kappa shape index (κ3) is 1.55. The van der Waals surface area contributed by atoms with Gasteiger partial charge < -0.3 is 10.1 Å². The van der Waals surface area contributed by atoms with E-state index in [-0.39, 0.29) is 0 Å². The molecular weight excluding hydrogens is 282 g/mol. The molecule has 4 aromatic rings. The van der Waals surface area contributed by atoms with Crippen LogP contribution < -0.4 is 10.1 Å². The lowest BCUT2D eigenvalue weighted by molar-refractivity contribution is 0.482. The van der Waals surface area contributed by atoms with Crippen LogP contribution in [-0.2, 0) is 0 Å². The highest BCUT2D eigenvalue weighted by atomic mass is 32.1. The molecule has 0 unspecified atom stereocenters. The highest BCUT2D eigenvalue weighted by Gasteiger charge is 2.19. The molecule has 0 saturated carbocycles. The van der Waals surface area contributed by atoms with Gasteiger partial charge in [0.1, 0.15) is 11.0 Å². The number of rotatable bonds is 0. The first-order valence-electron chi connectivity index (χ1n) is 6.60. The summed E-state index contributed by atoms with van der Waals surface area (Å²) in [6, 6.07) is 13.9. The molecule has 5 heteroatoms. The number of para-hydroxylation sites is 2. The van der Waals surface area contributed by atoms with Crippen LogP contribution in [0.3, 0.4) is 0 Å². The fourth-order valence-electron chi connectivity index (χ4n) is 2.65. The van der Waals surface area contributed by atoms with Gasteiger partial charge in [0.05, 0.1) is 16.9 Å². The average molecular weight is 291 g/mol. The zero-order chi connectivity index (χ0) is 13.8. The van der Waals surface area contributed by atoms with Gasteiger partial charge in [0.2, 0.25) is 0 Å². The number of fused-ring (bicyclic) bond motifs is 5. The van der Waals surface area contributed by atoms with E-state index in [2.05, 4.69) is 20.7 Å². The molecule has 0 saturated heterocycles. The lowest BCUT2D eigenvalue weighted by Crippen LogP contribution is -2.03. The SMILES string of the molecule is c1ccc2c(c1)Nc1c(ccc3nc4csnc4cc13)O2. The van der Waals surface area contributed by atoms with Crippen molar-refractivity contribution < 1.29 is 4.74 Å². The normalized spacial score (nSPS) is 12.6. The number of pyridine rings is 1. The summed E-state index contributed by atoms with van der Waals surface area (Å²) < 4.78 is 10.3. The Morgan fingerprint density at radius 1 is 0.952 bits per heavy atom. The molecule has 0 aliphatic carbocycles. The van der Waals surface area contributed by atoms with E-state index in [9.17, 15) is 0 Å². The summed E-state index contributed by atoms with van der Waals surface area (Å²) in [5.41, 5.74) is 4.72. The molecule has 0 spiro atoms. The molecule has 100 valence electrons. The Morgan fingerprint density at radius 2 is 1.90 bits per heavy atom. The van der Waals surface area contributed by atoms with Gasteiger partial charge in [-0.3, -0.25) is 0 Å². The van der Waals surface area contributed by atoms with E-state index in [0.717, 1.165) is 44.8 Å². The number of ether oxygens (including phenoxy) is 1. The molecule has 0 fully saturated rings. The van der Waals surface area contributed by atoms with Crippen molar-refractivity contribution in [3.63, 3.8) is 0 Å². The van der Waals surface area contributed by atoms with Crippen LogP contribution in [0.2, 0.25) is 0 Å². The third-order valence-electron chi connectivity index (χ3n) is 3.65. The first kappa shape index (κ1) is 11.0. The van der Waals surface area contributed by atoms with Crippen LogP contribution in [0.25, 0.3) is 21.9 Å². The molecule has 3 heterocycles. The minimum atomic E-state index is 0.817. The van der Waals surface area contributed by atoms with Crippen LogP contribution in [-0.4, -0.2) is 9.36 Å². The van der Waals surface area contributed by atoms with Gasteiger partial charge in [0.25, 0.3) is 0 Å². The van der Waals surface area contributed by atoms with E-state index < -0.39 is 0 Å². The van der Waals surface area contributed by atoms with Crippen molar-refractivity contribution in [1.82, 2.24) is 9.36 Å². The van der Waals surface area contributed by atoms with Crippen LogP contribution in [0.15, 0.2) is 47.8 Å². The molecule has 4 nitrogen and oxygen atoms in total. The van der Waals surface area contributed by atoms with Crippen molar-refractivity contribution in [3.05, 3.63) is 47.8 Å². The van der Waals surface area contributed by atoms with Gasteiger partial charge in [-0.15, -0.1) is 0 Å². The van der Waals surface area contributed by atoms with Crippen LogP contribution in [0.5, 0.6) is 11.5 Å². The maximum Gasteiger partial charge on any atom is 0.151 e. The molecule has 0 amide bonds. The highest BCUT2D eigenvalue weighted by molar-refractivity contribution is 7.04. The lowest BCUT2D eigenvalue weighted by atomic mass is 10.1. The largest absolute Gasteiger partial charge is 0.453 e. The molecule has 2 aromatic heterocycles. The zero-order valence-electron chi connectivity index (χ0n) is 10.8. The maximum atomic E-state index is 5.97. The fourth-order valence-corrected chi connectivity index (χ4v) is 3.23. The molecule has 1 N–H and O–H groups in total. The Labute approximate surface area is 124 Å². The van der Waals surface area contributed by atoms with E-state index in [1.807, 2.05) is 41.8 Å². The van der Waals surface area contributed by atoms with Gasteiger partial charge >= 0.3 is 0 Å². The second kappa shape index (κ2) is 3.93. The Kier molecular flexibility index (Phi) is 2.07. The summed E-state index contributed by atoms with van der Waals surface area (Å²) >= 11 is 1.43. The van der Waals surface area contributed by atoms with Crippen LogP contribution in [0.4, 0.5) is 11.4 Å². The van der Waals surface area contributed by atoms with Gasteiger partial charge in [0, 0.05) is 10.8 Å². The van der Waals surface area contributed by atoms with E-state index in [4.69, 9.17) is 4.74 Å². The molecule has 5 rings (SSSR count). The molecular formula is C16H9N3OS. The second-order valence-electron chi connectivity index (χ2n) is 4.94. The minimum absolute atomic E-state index is 0.817. The number of anilines is 2. The first-order chi connectivity index (χ1) is 10.4. The minimum Gasteiger partial charge on any atom is -0.453 e. The molecule has 0 bridgehead atoms. The summed E-state index contributed by atoms with van der Waals surface area (Å²) in [5, 5.41) is 6.44. The predicted molar refractivity (Wildman–Crippen MR) is 84.7 cm³/mol. The van der Waals surface area contributed by atoms with Crippen molar-refractivity contribution in [2.75, 3.05) is 5.32 Å². The topological polar surface area (TPSA) is 47.0 Å². The molecule has 1 aliphatic heterocycles. The van der Waals surface area contributed by atoms with E-state index in [0.29, 0.717) is 0 Å². The lowest BCUT2D eigenvalue weighted by Gasteiger charge is -2.22. The Balaban J connectivity index is 1.81. The number of hydrogen-bond donors (Lipinski definition) is 1. The maximum absolute atomic E-state index is 5.97. The molecule has 2 aromatic carbocycles. The number of benzene rings is 2. The van der Waals surface area contributed by atoms with E-state index >= 15 is 0 Å². The van der Waals surface area contributed by atoms with Crippen molar-refractivity contribution in [3.8, 4) is 11.5 Å². The molecule has 21 heavy (non-hydrogen) atoms.